The van der Waals surface area contributed by atoms with Crippen molar-refractivity contribution >= 4 is 38.9 Å². The molecule has 2 nitrogen and oxygen atoms in total. The highest BCUT2D eigenvalue weighted by Crippen LogP contribution is 2.33. The van der Waals surface area contributed by atoms with E-state index in [9.17, 15) is 0 Å². The van der Waals surface area contributed by atoms with Gasteiger partial charge in [0.1, 0.15) is 5.75 Å². The molecule has 0 bridgehead atoms. The summed E-state index contributed by atoms with van der Waals surface area (Å²) < 4.78 is 6.42. The summed E-state index contributed by atoms with van der Waals surface area (Å²) in [6.45, 7) is 3.14. The molecule has 0 amide bonds. The number of hydrogen-bond acceptors (Lipinski definition) is 3. The Morgan fingerprint density at radius 3 is 2.81 bits per heavy atom. The van der Waals surface area contributed by atoms with Crippen molar-refractivity contribution in [2.45, 2.75) is 25.8 Å². The maximum atomic E-state index is 6.31. The van der Waals surface area contributed by atoms with Gasteiger partial charge in [-0.05, 0) is 54.6 Å². The molecule has 1 aromatic heterocycles. The SMILES string of the molecule is CCCNC(Cc1cc(OC)ccc1Br)c1sccc1Cl. The van der Waals surface area contributed by atoms with E-state index in [1.165, 1.54) is 10.4 Å². The Bertz CT molecular complexity index is 587. The second-order valence-electron chi connectivity index (χ2n) is 4.80. The molecule has 1 heterocycles. The van der Waals surface area contributed by atoms with Crippen molar-refractivity contribution in [3.8, 4) is 5.75 Å². The minimum Gasteiger partial charge on any atom is -0.497 e. The van der Waals surface area contributed by atoms with Crippen LogP contribution < -0.4 is 10.1 Å². The van der Waals surface area contributed by atoms with Crippen LogP contribution in [0, 0.1) is 0 Å². The number of methoxy groups -OCH3 is 1. The summed E-state index contributed by atoms with van der Waals surface area (Å²) in [7, 11) is 1.69. The molecule has 0 aliphatic rings. The Balaban J connectivity index is 2.24. The highest BCUT2D eigenvalue weighted by Gasteiger charge is 2.17. The topological polar surface area (TPSA) is 21.3 Å². The number of benzene rings is 1. The van der Waals surface area contributed by atoms with E-state index < -0.39 is 0 Å². The second-order valence-corrected chi connectivity index (χ2v) is 7.01. The zero-order valence-corrected chi connectivity index (χ0v) is 15.3. The third-order valence-electron chi connectivity index (χ3n) is 3.28. The quantitative estimate of drug-likeness (QED) is 0.680. The van der Waals surface area contributed by atoms with E-state index in [4.69, 9.17) is 16.3 Å². The Morgan fingerprint density at radius 2 is 2.19 bits per heavy atom. The Hall–Kier alpha value is -0.550. The molecule has 1 atom stereocenters. The predicted molar refractivity (Wildman–Crippen MR) is 94.8 cm³/mol. The lowest BCUT2D eigenvalue weighted by Crippen LogP contribution is -2.23. The Kier molecular flexibility index (Phi) is 6.55. The summed E-state index contributed by atoms with van der Waals surface area (Å²) in [6.07, 6.45) is 1.97. The van der Waals surface area contributed by atoms with Gasteiger partial charge in [-0.3, -0.25) is 0 Å². The van der Waals surface area contributed by atoms with Crippen molar-refractivity contribution < 1.29 is 4.74 Å². The fraction of sp³-hybridized carbons (Fsp3) is 0.375. The fourth-order valence-corrected chi connectivity index (χ4v) is 3.86. The van der Waals surface area contributed by atoms with Gasteiger partial charge >= 0.3 is 0 Å². The maximum absolute atomic E-state index is 6.31. The Labute approximate surface area is 143 Å². The van der Waals surface area contributed by atoms with E-state index in [2.05, 4.69) is 34.2 Å². The van der Waals surface area contributed by atoms with Gasteiger partial charge in [-0.15, -0.1) is 11.3 Å². The van der Waals surface area contributed by atoms with E-state index >= 15 is 0 Å². The van der Waals surface area contributed by atoms with E-state index in [0.29, 0.717) is 0 Å². The molecule has 0 saturated heterocycles. The van der Waals surface area contributed by atoms with Crippen molar-refractivity contribution in [2.24, 2.45) is 0 Å². The van der Waals surface area contributed by atoms with Gasteiger partial charge in [0.15, 0.2) is 0 Å². The van der Waals surface area contributed by atoms with Crippen molar-refractivity contribution in [1.82, 2.24) is 5.32 Å². The standard InChI is InChI=1S/C16H19BrClNOS/c1-3-7-19-15(16-14(18)6-8-21-16)10-11-9-12(20-2)4-5-13(11)17/h4-6,8-9,15,19H,3,7,10H2,1-2H3. The first-order valence-corrected chi connectivity index (χ1v) is 8.99. The summed E-state index contributed by atoms with van der Waals surface area (Å²) in [5, 5.41) is 6.47. The van der Waals surface area contributed by atoms with Crippen LogP contribution in [-0.2, 0) is 6.42 Å². The highest BCUT2D eigenvalue weighted by atomic mass is 79.9. The molecule has 1 aromatic carbocycles. The van der Waals surface area contributed by atoms with Gasteiger partial charge in [0.2, 0.25) is 0 Å². The van der Waals surface area contributed by atoms with Gasteiger partial charge in [0.25, 0.3) is 0 Å². The molecular weight excluding hydrogens is 370 g/mol. The van der Waals surface area contributed by atoms with Crippen LogP contribution in [-0.4, -0.2) is 13.7 Å². The summed E-state index contributed by atoms with van der Waals surface area (Å²) in [5.74, 6) is 0.875. The first-order valence-electron chi connectivity index (χ1n) is 6.94. The molecule has 5 heteroatoms. The minimum atomic E-state index is 0.223. The summed E-state index contributed by atoms with van der Waals surface area (Å²) >= 11 is 11.6. The highest BCUT2D eigenvalue weighted by molar-refractivity contribution is 9.10. The fourth-order valence-electron chi connectivity index (χ4n) is 2.18. The number of ether oxygens (including phenoxy) is 1. The summed E-state index contributed by atoms with van der Waals surface area (Å²) in [6, 6.07) is 8.25. The molecule has 0 spiro atoms. The number of nitrogens with one attached hydrogen (secondary N) is 1. The average molecular weight is 389 g/mol. The number of thiophene rings is 1. The average Bonchev–Trinajstić information content (AvgIpc) is 2.91. The van der Waals surface area contributed by atoms with Crippen LogP contribution in [0.4, 0.5) is 0 Å². The van der Waals surface area contributed by atoms with Crippen LogP contribution in [0.25, 0.3) is 0 Å². The predicted octanol–water partition coefficient (Wildman–Crippen LogP) is 5.46. The maximum Gasteiger partial charge on any atom is 0.119 e. The van der Waals surface area contributed by atoms with Crippen LogP contribution in [0.1, 0.15) is 29.8 Å². The molecule has 114 valence electrons. The number of halogens is 2. The van der Waals surface area contributed by atoms with Crippen molar-refractivity contribution in [3.05, 3.63) is 49.6 Å². The second kappa shape index (κ2) is 8.18. The lowest BCUT2D eigenvalue weighted by molar-refractivity contribution is 0.413. The molecule has 0 saturated carbocycles. The lowest BCUT2D eigenvalue weighted by Gasteiger charge is -2.19. The van der Waals surface area contributed by atoms with Crippen LogP contribution in [0.3, 0.4) is 0 Å². The third kappa shape index (κ3) is 4.46. The summed E-state index contributed by atoms with van der Waals surface area (Å²) in [5.41, 5.74) is 1.22. The van der Waals surface area contributed by atoms with Crippen LogP contribution in [0.2, 0.25) is 5.02 Å². The molecule has 0 radical (unpaired) electrons. The van der Waals surface area contributed by atoms with Crippen LogP contribution in [0.5, 0.6) is 5.75 Å². The monoisotopic (exact) mass is 387 g/mol. The molecule has 0 aliphatic heterocycles. The molecular formula is C16H19BrClNOS. The van der Waals surface area contributed by atoms with E-state index in [0.717, 1.165) is 34.6 Å². The molecule has 2 rings (SSSR count). The minimum absolute atomic E-state index is 0.223. The number of hydrogen-bond donors (Lipinski definition) is 1. The molecule has 1 unspecified atom stereocenters. The van der Waals surface area contributed by atoms with Gasteiger partial charge < -0.3 is 10.1 Å². The normalized spacial score (nSPS) is 12.4. The largest absolute Gasteiger partial charge is 0.497 e. The van der Waals surface area contributed by atoms with E-state index in [1.54, 1.807) is 18.4 Å². The number of rotatable bonds is 7. The van der Waals surface area contributed by atoms with Crippen LogP contribution >= 0.6 is 38.9 Å². The van der Waals surface area contributed by atoms with Crippen molar-refractivity contribution in [1.29, 1.82) is 0 Å². The zero-order valence-electron chi connectivity index (χ0n) is 12.2. The van der Waals surface area contributed by atoms with Gasteiger partial charge in [0.05, 0.1) is 12.1 Å². The lowest BCUT2D eigenvalue weighted by atomic mass is 10.0. The molecule has 0 aliphatic carbocycles. The van der Waals surface area contributed by atoms with E-state index in [-0.39, 0.29) is 6.04 Å². The third-order valence-corrected chi connectivity index (χ3v) is 5.52. The first kappa shape index (κ1) is 16.8. The molecule has 1 N–H and O–H groups in total. The van der Waals surface area contributed by atoms with Crippen molar-refractivity contribution in [2.75, 3.05) is 13.7 Å². The summed E-state index contributed by atoms with van der Waals surface area (Å²) in [4.78, 5) is 1.19. The Morgan fingerprint density at radius 1 is 1.38 bits per heavy atom. The van der Waals surface area contributed by atoms with Crippen LogP contribution in [0.15, 0.2) is 34.1 Å². The van der Waals surface area contributed by atoms with Gasteiger partial charge in [0, 0.05) is 15.4 Å². The smallest absolute Gasteiger partial charge is 0.119 e. The first-order chi connectivity index (χ1) is 10.2. The van der Waals surface area contributed by atoms with E-state index in [1.807, 2.05) is 23.6 Å². The van der Waals surface area contributed by atoms with Gasteiger partial charge in [-0.2, -0.15) is 0 Å². The molecule has 21 heavy (non-hydrogen) atoms. The van der Waals surface area contributed by atoms with Gasteiger partial charge in [-0.1, -0.05) is 34.5 Å². The molecule has 0 fully saturated rings. The van der Waals surface area contributed by atoms with Gasteiger partial charge in [-0.25, -0.2) is 0 Å². The molecule has 2 aromatic rings. The van der Waals surface area contributed by atoms with Crippen molar-refractivity contribution in [3.63, 3.8) is 0 Å². The zero-order chi connectivity index (χ0) is 15.2.